The van der Waals surface area contributed by atoms with Crippen LogP contribution < -0.4 is 5.32 Å². The molecule has 1 amide bonds. The Hall–Kier alpha value is -2.21. The molecule has 164 valence electrons. The molecule has 0 spiro atoms. The highest BCUT2D eigenvalue weighted by atomic mass is 35.5. The number of methoxy groups -OCH3 is 1. The van der Waals surface area contributed by atoms with Crippen LogP contribution in [0.15, 0.2) is 6.33 Å². The Balaban J connectivity index is 2.05. The van der Waals surface area contributed by atoms with Crippen LogP contribution in [0.3, 0.4) is 0 Å². The quantitative estimate of drug-likeness (QED) is 0.283. The van der Waals surface area contributed by atoms with Crippen molar-refractivity contribution in [3.63, 3.8) is 0 Å². The van der Waals surface area contributed by atoms with E-state index in [9.17, 15) is 9.90 Å². The highest BCUT2D eigenvalue weighted by Gasteiger charge is 2.26. The summed E-state index contributed by atoms with van der Waals surface area (Å²) in [6.07, 6.45) is 14.5. The maximum absolute atomic E-state index is 12.3. The second kappa shape index (κ2) is 11.8. The lowest BCUT2D eigenvalue weighted by Crippen LogP contribution is -2.35. The number of halogens is 1. The molecule has 2 rings (SSSR count). The van der Waals surface area contributed by atoms with E-state index in [0.717, 1.165) is 19.3 Å². The second-order valence-corrected chi connectivity index (χ2v) is 7.61. The minimum absolute atomic E-state index is 0.0104. The number of nitrogens with zero attached hydrogens (tertiary/aromatic N) is 4. The molecular weight excluding hydrogens is 406 g/mol. The predicted octanol–water partition coefficient (Wildman–Crippen LogP) is 3.57. The maximum atomic E-state index is 12.3. The third-order valence-corrected chi connectivity index (χ3v) is 5.29. The summed E-state index contributed by atoms with van der Waals surface area (Å²) in [7, 11) is 1.46. The molecule has 0 aliphatic heterocycles. The topological polar surface area (TPSA) is 102 Å². The first kappa shape index (κ1) is 24.1. The summed E-state index contributed by atoms with van der Waals surface area (Å²) in [5.74, 6) is 2.65. The van der Waals surface area contributed by atoms with E-state index in [1.54, 1.807) is 10.9 Å². The number of hydrogen-bond acceptors (Lipinski definition) is 6. The zero-order valence-electron chi connectivity index (χ0n) is 17.7. The number of unbranched alkanes of at least 4 members (excludes halogenated alkanes) is 5. The van der Waals surface area contributed by atoms with Gasteiger partial charge in [-0.2, -0.15) is 9.97 Å². The number of rotatable bonds is 13. The van der Waals surface area contributed by atoms with Crippen molar-refractivity contribution in [2.24, 2.45) is 0 Å². The summed E-state index contributed by atoms with van der Waals surface area (Å²) < 4.78 is 7.02. The number of nitrogens with one attached hydrogen (secondary N) is 1. The summed E-state index contributed by atoms with van der Waals surface area (Å²) in [5, 5.41) is 12.4. The Morgan fingerprint density at radius 2 is 2.07 bits per heavy atom. The van der Waals surface area contributed by atoms with Gasteiger partial charge >= 0.3 is 0 Å². The van der Waals surface area contributed by atoms with Gasteiger partial charge in [0, 0.05) is 26.5 Å². The molecule has 1 unspecified atom stereocenters. The number of aryl methyl sites for hydroxylation is 1. The lowest BCUT2D eigenvalue weighted by molar-refractivity contribution is -0.116. The average Bonchev–Trinajstić information content (AvgIpc) is 3.15. The molecule has 8 nitrogen and oxygen atoms in total. The standard InChI is InChI=1S/C21H30ClN5O3/c1-4-6-7-8-9-10-11-16(29)24-18-17-19(26-20(22)25-18)27(15-23-17)13-12-21(5-2,14-28)30-3/h2,15,28H,4,6-14H2,1,3H3,(H,24,25,26,29). The molecule has 30 heavy (non-hydrogen) atoms. The Kier molecular flexibility index (Phi) is 9.50. The summed E-state index contributed by atoms with van der Waals surface area (Å²) in [6.45, 7) is 2.27. The molecule has 2 aromatic heterocycles. The summed E-state index contributed by atoms with van der Waals surface area (Å²) >= 11 is 6.07. The van der Waals surface area contributed by atoms with Gasteiger partial charge in [0.1, 0.15) is 0 Å². The van der Waals surface area contributed by atoms with E-state index in [1.165, 1.54) is 26.4 Å². The summed E-state index contributed by atoms with van der Waals surface area (Å²) in [6, 6.07) is 0. The minimum atomic E-state index is -1.08. The van der Waals surface area contributed by atoms with Gasteiger partial charge in [0.2, 0.25) is 11.2 Å². The minimum Gasteiger partial charge on any atom is -0.392 e. The monoisotopic (exact) mass is 435 g/mol. The highest BCUT2D eigenvalue weighted by molar-refractivity contribution is 6.28. The van der Waals surface area contributed by atoms with Crippen LogP contribution >= 0.6 is 11.6 Å². The van der Waals surface area contributed by atoms with Gasteiger partial charge < -0.3 is 19.7 Å². The number of anilines is 1. The molecule has 0 aliphatic rings. The number of aliphatic hydroxyl groups excluding tert-OH is 1. The van der Waals surface area contributed by atoms with Crippen molar-refractivity contribution < 1.29 is 14.6 Å². The van der Waals surface area contributed by atoms with E-state index in [1.807, 2.05) is 0 Å². The van der Waals surface area contributed by atoms with Gasteiger partial charge in [-0.05, 0) is 18.0 Å². The Labute approximate surface area is 182 Å². The number of ether oxygens (including phenoxy) is 1. The molecule has 9 heteroatoms. The maximum Gasteiger partial charge on any atom is 0.226 e. The van der Waals surface area contributed by atoms with Crippen LogP contribution in [0.5, 0.6) is 0 Å². The largest absolute Gasteiger partial charge is 0.392 e. The molecule has 2 heterocycles. The van der Waals surface area contributed by atoms with Crippen molar-refractivity contribution in [1.82, 2.24) is 19.5 Å². The van der Waals surface area contributed by atoms with Crippen molar-refractivity contribution >= 4 is 34.5 Å². The molecule has 0 saturated heterocycles. The number of hydrogen-bond donors (Lipinski definition) is 2. The molecule has 1 atom stereocenters. The third-order valence-electron chi connectivity index (χ3n) is 5.12. The second-order valence-electron chi connectivity index (χ2n) is 7.27. The first-order valence-electron chi connectivity index (χ1n) is 10.3. The lowest BCUT2D eigenvalue weighted by atomic mass is 10.0. The zero-order chi connectivity index (χ0) is 22.0. The first-order chi connectivity index (χ1) is 14.5. The van der Waals surface area contributed by atoms with Gasteiger partial charge in [-0.15, -0.1) is 6.42 Å². The fourth-order valence-corrected chi connectivity index (χ4v) is 3.32. The van der Waals surface area contributed by atoms with Gasteiger partial charge in [0.15, 0.2) is 22.6 Å². The number of carbonyl (C=O) groups excluding carboxylic acids is 1. The molecule has 2 aromatic rings. The number of carbonyl (C=O) groups is 1. The fraction of sp³-hybridized carbons (Fsp3) is 0.619. The molecule has 0 radical (unpaired) electrons. The van der Waals surface area contributed by atoms with Crippen LogP contribution in [-0.4, -0.2) is 49.9 Å². The highest BCUT2D eigenvalue weighted by Crippen LogP contribution is 2.23. The van der Waals surface area contributed by atoms with E-state index in [-0.39, 0.29) is 23.6 Å². The molecule has 0 fully saturated rings. The Morgan fingerprint density at radius 3 is 2.73 bits per heavy atom. The van der Waals surface area contributed by atoms with Crippen LogP contribution in [0, 0.1) is 12.3 Å². The van der Waals surface area contributed by atoms with Gasteiger partial charge in [-0.3, -0.25) is 4.79 Å². The molecule has 0 aromatic carbocycles. The number of amides is 1. The first-order valence-corrected chi connectivity index (χ1v) is 10.7. The molecule has 0 bridgehead atoms. The summed E-state index contributed by atoms with van der Waals surface area (Å²) in [5.41, 5.74) is -0.157. The molecule has 2 N–H and O–H groups in total. The van der Waals surface area contributed by atoms with Crippen LogP contribution in [0.2, 0.25) is 5.28 Å². The Bertz CT molecular complexity index is 873. The number of imidazole rings is 1. The van der Waals surface area contributed by atoms with E-state index < -0.39 is 5.60 Å². The van der Waals surface area contributed by atoms with Crippen molar-refractivity contribution in [1.29, 1.82) is 0 Å². The van der Waals surface area contributed by atoms with Gasteiger partial charge in [-0.1, -0.05) is 44.9 Å². The van der Waals surface area contributed by atoms with Gasteiger partial charge in [0.05, 0.1) is 12.9 Å². The lowest BCUT2D eigenvalue weighted by Gasteiger charge is -2.24. The van der Waals surface area contributed by atoms with Crippen molar-refractivity contribution in [2.45, 2.75) is 70.4 Å². The number of aromatic nitrogens is 4. The van der Waals surface area contributed by atoms with Crippen molar-refractivity contribution in [3.8, 4) is 12.3 Å². The van der Waals surface area contributed by atoms with E-state index in [2.05, 4.69) is 33.1 Å². The third kappa shape index (κ3) is 6.39. The van der Waals surface area contributed by atoms with E-state index >= 15 is 0 Å². The number of aliphatic hydroxyl groups is 1. The normalized spacial score (nSPS) is 13.2. The van der Waals surface area contributed by atoms with Crippen molar-refractivity contribution in [2.75, 3.05) is 19.0 Å². The van der Waals surface area contributed by atoms with E-state index in [0.29, 0.717) is 30.6 Å². The van der Waals surface area contributed by atoms with Crippen molar-refractivity contribution in [3.05, 3.63) is 11.6 Å². The molecular formula is C21H30ClN5O3. The average molecular weight is 436 g/mol. The molecule has 0 saturated carbocycles. The van der Waals surface area contributed by atoms with E-state index in [4.69, 9.17) is 22.8 Å². The smallest absolute Gasteiger partial charge is 0.226 e. The van der Waals surface area contributed by atoms with Crippen LogP contribution in [-0.2, 0) is 16.1 Å². The zero-order valence-corrected chi connectivity index (χ0v) is 18.4. The molecule has 0 aliphatic carbocycles. The fourth-order valence-electron chi connectivity index (χ4n) is 3.15. The van der Waals surface area contributed by atoms with Crippen LogP contribution in [0.1, 0.15) is 58.3 Å². The summed E-state index contributed by atoms with van der Waals surface area (Å²) in [4.78, 5) is 25.0. The SMILES string of the molecule is C#CC(CO)(CCn1cnc2c(NC(=O)CCCCCCCC)nc(Cl)nc21)OC. The van der Waals surface area contributed by atoms with Gasteiger partial charge in [-0.25, -0.2) is 4.98 Å². The predicted molar refractivity (Wildman–Crippen MR) is 117 cm³/mol. The van der Waals surface area contributed by atoms with Crippen LogP contribution in [0.4, 0.5) is 5.82 Å². The van der Waals surface area contributed by atoms with Gasteiger partial charge in [0.25, 0.3) is 0 Å². The Morgan fingerprint density at radius 1 is 1.33 bits per heavy atom. The number of fused-ring (bicyclic) bond motifs is 1. The number of terminal acetylenes is 1. The van der Waals surface area contributed by atoms with Crippen LogP contribution in [0.25, 0.3) is 11.2 Å².